The van der Waals surface area contributed by atoms with Gasteiger partial charge in [0.25, 0.3) is 0 Å². The van der Waals surface area contributed by atoms with Crippen LogP contribution < -0.4 is 10.1 Å². The van der Waals surface area contributed by atoms with Crippen molar-refractivity contribution in [3.05, 3.63) is 12.0 Å². The zero-order chi connectivity index (χ0) is 8.60. The Balaban J connectivity index is 2.08. The molecule has 1 fully saturated rings. The first-order chi connectivity index (χ1) is 5.70. The molecule has 0 saturated carbocycles. The topological polar surface area (TPSA) is 49.9 Å². The van der Waals surface area contributed by atoms with Crippen molar-refractivity contribution >= 4 is 0 Å². The number of aromatic nitrogens is 2. The number of rotatable bonds is 2. The number of aromatic amines is 1. The Kier molecular flexibility index (Phi) is 1.58. The van der Waals surface area contributed by atoms with Crippen molar-refractivity contribution in [1.29, 1.82) is 0 Å². The van der Waals surface area contributed by atoms with E-state index in [1.807, 2.05) is 6.92 Å². The van der Waals surface area contributed by atoms with Gasteiger partial charge in [-0.25, -0.2) is 4.98 Å². The summed E-state index contributed by atoms with van der Waals surface area (Å²) in [4.78, 5) is 7.06. The van der Waals surface area contributed by atoms with E-state index in [0.717, 1.165) is 24.7 Å². The number of aryl methyl sites for hydroxylation is 1. The van der Waals surface area contributed by atoms with Gasteiger partial charge in [-0.3, -0.25) is 0 Å². The van der Waals surface area contributed by atoms with E-state index in [1.54, 1.807) is 6.33 Å². The molecule has 4 nitrogen and oxygen atoms in total. The molecule has 2 rings (SSSR count). The fraction of sp³-hybridized carbons (Fsp3) is 0.625. The van der Waals surface area contributed by atoms with E-state index in [0.29, 0.717) is 0 Å². The average Bonchev–Trinajstić information content (AvgIpc) is 2.34. The highest BCUT2D eigenvalue weighted by Gasteiger charge is 2.34. The molecular weight excluding hydrogens is 154 g/mol. The van der Waals surface area contributed by atoms with Gasteiger partial charge in [0.1, 0.15) is 5.60 Å². The second-order valence-electron chi connectivity index (χ2n) is 3.49. The minimum absolute atomic E-state index is 0.0556. The maximum Gasteiger partial charge on any atom is 0.235 e. The number of imidazole rings is 1. The third kappa shape index (κ3) is 1.18. The van der Waals surface area contributed by atoms with E-state index in [9.17, 15) is 0 Å². The molecule has 1 aliphatic heterocycles. The Morgan fingerprint density at radius 1 is 1.58 bits per heavy atom. The summed E-state index contributed by atoms with van der Waals surface area (Å²) >= 11 is 0. The van der Waals surface area contributed by atoms with Crippen molar-refractivity contribution < 1.29 is 4.74 Å². The van der Waals surface area contributed by atoms with Gasteiger partial charge in [-0.1, -0.05) is 0 Å². The Hall–Kier alpha value is -1.03. The molecule has 0 spiro atoms. The van der Waals surface area contributed by atoms with Gasteiger partial charge >= 0.3 is 0 Å². The van der Waals surface area contributed by atoms with E-state index in [-0.39, 0.29) is 5.60 Å². The number of nitrogens with one attached hydrogen (secondary N) is 2. The van der Waals surface area contributed by atoms with Gasteiger partial charge in [0.2, 0.25) is 5.88 Å². The summed E-state index contributed by atoms with van der Waals surface area (Å²) in [5.41, 5.74) is 0.933. The summed E-state index contributed by atoms with van der Waals surface area (Å²) in [6.45, 7) is 5.84. The highest BCUT2D eigenvalue weighted by Crippen LogP contribution is 2.21. The van der Waals surface area contributed by atoms with Crippen molar-refractivity contribution in [2.24, 2.45) is 0 Å². The summed E-state index contributed by atoms with van der Waals surface area (Å²) in [6, 6.07) is 0. The van der Waals surface area contributed by atoms with E-state index >= 15 is 0 Å². The van der Waals surface area contributed by atoms with Crippen LogP contribution in [0.4, 0.5) is 0 Å². The normalized spacial score (nSPS) is 20.2. The number of hydrogen-bond acceptors (Lipinski definition) is 3. The predicted octanol–water partition coefficient (Wildman–Crippen LogP) is 0.459. The Labute approximate surface area is 71.3 Å². The lowest BCUT2D eigenvalue weighted by Crippen LogP contribution is -2.61. The molecule has 2 heterocycles. The molecule has 0 atom stereocenters. The minimum atomic E-state index is -0.0556. The van der Waals surface area contributed by atoms with Crippen LogP contribution in [0.5, 0.6) is 5.88 Å². The summed E-state index contributed by atoms with van der Waals surface area (Å²) < 4.78 is 5.70. The second kappa shape index (κ2) is 2.48. The first-order valence-electron chi connectivity index (χ1n) is 4.09. The maximum absolute atomic E-state index is 5.70. The fourth-order valence-electron chi connectivity index (χ4n) is 1.23. The molecule has 66 valence electrons. The molecule has 0 radical (unpaired) electrons. The SMILES string of the molecule is Cc1[nH]cnc1OC1(C)CNC1. The maximum atomic E-state index is 5.70. The molecule has 1 aromatic heterocycles. The average molecular weight is 167 g/mol. The van der Waals surface area contributed by atoms with Gasteiger partial charge in [0.05, 0.1) is 12.0 Å². The molecule has 1 saturated heterocycles. The molecule has 0 aliphatic carbocycles. The molecule has 12 heavy (non-hydrogen) atoms. The monoisotopic (exact) mass is 167 g/mol. The van der Waals surface area contributed by atoms with Crippen LogP contribution in [-0.4, -0.2) is 28.7 Å². The molecule has 0 amide bonds. The van der Waals surface area contributed by atoms with Crippen molar-refractivity contribution in [3.8, 4) is 5.88 Å². The first-order valence-corrected chi connectivity index (χ1v) is 4.09. The van der Waals surface area contributed by atoms with Crippen molar-refractivity contribution in [1.82, 2.24) is 15.3 Å². The molecule has 0 unspecified atom stereocenters. The Morgan fingerprint density at radius 3 is 2.75 bits per heavy atom. The van der Waals surface area contributed by atoms with Gasteiger partial charge in [-0.15, -0.1) is 0 Å². The van der Waals surface area contributed by atoms with Gasteiger partial charge < -0.3 is 15.0 Å². The molecule has 4 heteroatoms. The summed E-state index contributed by atoms with van der Waals surface area (Å²) in [5.74, 6) is 0.721. The molecule has 1 aliphatic rings. The van der Waals surface area contributed by atoms with Crippen LogP contribution in [0, 0.1) is 6.92 Å². The predicted molar refractivity (Wildman–Crippen MR) is 45.2 cm³/mol. The van der Waals surface area contributed by atoms with Crippen molar-refractivity contribution in [2.45, 2.75) is 19.4 Å². The number of ether oxygens (including phenoxy) is 1. The number of nitrogens with zero attached hydrogens (tertiary/aromatic N) is 1. The molecule has 0 aromatic carbocycles. The summed E-state index contributed by atoms with van der Waals surface area (Å²) in [5, 5.41) is 3.17. The van der Waals surface area contributed by atoms with Crippen LogP contribution in [0.15, 0.2) is 6.33 Å². The van der Waals surface area contributed by atoms with E-state index < -0.39 is 0 Å². The lowest BCUT2D eigenvalue weighted by Gasteiger charge is -2.38. The zero-order valence-corrected chi connectivity index (χ0v) is 7.35. The third-order valence-electron chi connectivity index (χ3n) is 2.12. The Morgan fingerprint density at radius 2 is 2.33 bits per heavy atom. The Bertz CT molecular complexity index is 278. The van der Waals surface area contributed by atoms with Crippen LogP contribution in [0.25, 0.3) is 0 Å². The molecule has 2 N–H and O–H groups in total. The second-order valence-corrected chi connectivity index (χ2v) is 3.49. The zero-order valence-electron chi connectivity index (χ0n) is 7.35. The van der Waals surface area contributed by atoms with E-state index in [2.05, 4.69) is 22.2 Å². The lowest BCUT2D eigenvalue weighted by atomic mass is 10.0. The van der Waals surface area contributed by atoms with Gasteiger partial charge in [-0.2, -0.15) is 0 Å². The van der Waals surface area contributed by atoms with Crippen LogP contribution in [-0.2, 0) is 0 Å². The highest BCUT2D eigenvalue weighted by atomic mass is 16.5. The number of hydrogen-bond donors (Lipinski definition) is 2. The van der Waals surface area contributed by atoms with Gasteiger partial charge in [-0.05, 0) is 13.8 Å². The van der Waals surface area contributed by atoms with Crippen LogP contribution in [0.1, 0.15) is 12.6 Å². The largest absolute Gasteiger partial charge is 0.467 e. The summed E-state index contributed by atoms with van der Waals surface area (Å²) in [7, 11) is 0. The molecular formula is C8H13N3O. The third-order valence-corrected chi connectivity index (χ3v) is 2.12. The van der Waals surface area contributed by atoms with Gasteiger partial charge in [0, 0.05) is 13.1 Å². The fourth-order valence-corrected chi connectivity index (χ4v) is 1.23. The van der Waals surface area contributed by atoms with Crippen LogP contribution in [0.2, 0.25) is 0 Å². The molecule has 1 aromatic rings. The van der Waals surface area contributed by atoms with E-state index in [1.165, 1.54) is 0 Å². The lowest BCUT2D eigenvalue weighted by molar-refractivity contribution is 0.0302. The minimum Gasteiger partial charge on any atom is -0.467 e. The smallest absolute Gasteiger partial charge is 0.235 e. The van der Waals surface area contributed by atoms with Crippen molar-refractivity contribution in [2.75, 3.05) is 13.1 Å². The van der Waals surface area contributed by atoms with Crippen LogP contribution >= 0.6 is 0 Å². The van der Waals surface area contributed by atoms with Crippen molar-refractivity contribution in [3.63, 3.8) is 0 Å². The van der Waals surface area contributed by atoms with Gasteiger partial charge in [0.15, 0.2) is 0 Å². The quantitative estimate of drug-likeness (QED) is 0.672. The highest BCUT2D eigenvalue weighted by molar-refractivity contribution is 5.17. The van der Waals surface area contributed by atoms with Crippen LogP contribution in [0.3, 0.4) is 0 Å². The standard InChI is InChI=1S/C8H13N3O/c1-6-7(11-5-10-6)12-8(2)3-9-4-8/h5,9H,3-4H2,1-2H3,(H,10,11). The number of H-pyrrole nitrogens is 1. The molecule has 0 bridgehead atoms. The van der Waals surface area contributed by atoms with E-state index in [4.69, 9.17) is 4.74 Å². The summed E-state index contributed by atoms with van der Waals surface area (Å²) in [6.07, 6.45) is 1.65. The first kappa shape index (κ1) is 7.61.